The summed E-state index contributed by atoms with van der Waals surface area (Å²) in [6.45, 7) is 1.53. The Labute approximate surface area is 115 Å². The summed E-state index contributed by atoms with van der Waals surface area (Å²) in [5.41, 5.74) is 1.80. The number of rotatable bonds is 3. The van der Waals surface area contributed by atoms with Crippen LogP contribution < -0.4 is 0 Å². The molecule has 0 amide bonds. The van der Waals surface area contributed by atoms with Gasteiger partial charge in [0.1, 0.15) is 0 Å². The molecule has 17 heavy (non-hydrogen) atoms. The SMILES string of the molecule is Clc1ccc(Cl)c(C=NCC2=NCCC2)c1Cl. The molecule has 0 spiro atoms. The summed E-state index contributed by atoms with van der Waals surface area (Å²) in [7, 11) is 0. The zero-order chi connectivity index (χ0) is 12.3. The molecule has 0 unspecified atom stereocenters. The van der Waals surface area contributed by atoms with Crippen LogP contribution in [0.2, 0.25) is 15.1 Å². The molecule has 2 nitrogen and oxygen atoms in total. The molecule has 0 saturated heterocycles. The fourth-order valence-electron chi connectivity index (χ4n) is 1.63. The Kier molecular flexibility index (Phi) is 4.43. The van der Waals surface area contributed by atoms with E-state index >= 15 is 0 Å². The third-order valence-electron chi connectivity index (χ3n) is 2.53. The van der Waals surface area contributed by atoms with Crippen LogP contribution in [-0.2, 0) is 0 Å². The Balaban J connectivity index is 2.12. The van der Waals surface area contributed by atoms with E-state index in [-0.39, 0.29) is 0 Å². The van der Waals surface area contributed by atoms with Gasteiger partial charge in [0.2, 0.25) is 0 Å². The lowest BCUT2D eigenvalue weighted by Crippen LogP contribution is -1.98. The van der Waals surface area contributed by atoms with Crippen LogP contribution in [0.25, 0.3) is 0 Å². The van der Waals surface area contributed by atoms with Crippen LogP contribution in [-0.4, -0.2) is 25.0 Å². The summed E-state index contributed by atoms with van der Waals surface area (Å²) in [6.07, 6.45) is 3.83. The third kappa shape index (κ3) is 3.21. The molecule has 0 aliphatic carbocycles. The monoisotopic (exact) mass is 288 g/mol. The topological polar surface area (TPSA) is 24.7 Å². The molecule has 1 heterocycles. The Hall–Kier alpha value is -0.570. The first-order chi connectivity index (χ1) is 8.18. The van der Waals surface area contributed by atoms with Gasteiger partial charge >= 0.3 is 0 Å². The predicted octanol–water partition coefficient (Wildman–Crippen LogP) is 4.30. The largest absolute Gasteiger partial charge is 0.292 e. The van der Waals surface area contributed by atoms with Crippen molar-refractivity contribution in [1.82, 2.24) is 0 Å². The van der Waals surface area contributed by atoms with Crippen LogP contribution in [0.4, 0.5) is 0 Å². The summed E-state index contributed by atoms with van der Waals surface area (Å²) in [5.74, 6) is 0. The Morgan fingerprint density at radius 3 is 2.71 bits per heavy atom. The lowest BCUT2D eigenvalue weighted by atomic mass is 10.2. The van der Waals surface area contributed by atoms with E-state index in [2.05, 4.69) is 9.98 Å². The van der Waals surface area contributed by atoms with E-state index in [9.17, 15) is 0 Å². The molecule has 0 N–H and O–H groups in total. The second kappa shape index (κ2) is 5.85. The normalized spacial score (nSPS) is 15.6. The predicted molar refractivity (Wildman–Crippen MR) is 75.5 cm³/mol. The second-order valence-corrected chi connectivity index (χ2v) is 4.97. The van der Waals surface area contributed by atoms with Gasteiger partial charge in [-0.2, -0.15) is 0 Å². The molecular weight excluding hydrogens is 279 g/mol. The van der Waals surface area contributed by atoms with Crippen LogP contribution in [0, 0.1) is 0 Å². The quantitative estimate of drug-likeness (QED) is 0.585. The lowest BCUT2D eigenvalue weighted by Gasteiger charge is -2.03. The van der Waals surface area contributed by atoms with Crippen LogP contribution in [0.1, 0.15) is 18.4 Å². The average Bonchev–Trinajstić information content (AvgIpc) is 2.81. The number of hydrogen-bond donors (Lipinski definition) is 0. The van der Waals surface area contributed by atoms with Gasteiger partial charge in [-0.3, -0.25) is 9.98 Å². The Morgan fingerprint density at radius 2 is 2.00 bits per heavy atom. The number of hydrogen-bond acceptors (Lipinski definition) is 2. The molecule has 0 aromatic heterocycles. The van der Waals surface area contributed by atoms with Crippen LogP contribution >= 0.6 is 34.8 Å². The van der Waals surface area contributed by atoms with Crippen molar-refractivity contribution in [3.63, 3.8) is 0 Å². The Bertz CT molecular complexity index is 481. The molecule has 1 aliphatic heterocycles. The van der Waals surface area contributed by atoms with Crippen molar-refractivity contribution in [2.24, 2.45) is 9.98 Å². The minimum absolute atomic E-state index is 0.441. The van der Waals surface area contributed by atoms with Gasteiger partial charge < -0.3 is 0 Å². The number of benzene rings is 1. The third-order valence-corrected chi connectivity index (χ3v) is 3.68. The standard InChI is InChI=1S/C12H11Cl3N2/c13-10-3-4-11(14)12(15)9(10)7-16-6-8-2-1-5-17-8/h3-4,7H,1-2,5-6H2. The molecule has 90 valence electrons. The first-order valence-corrected chi connectivity index (χ1v) is 6.47. The van der Waals surface area contributed by atoms with Gasteiger partial charge in [-0.15, -0.1) is 0 Å². The number of halogens is 3. The second-order valence-electron chi connectivity index (χ2n) is 3.78. The van der Waals surface area contributed by atoms with E-state index in [1.54, 1.807) is 18.3 Å². The van der Waals surface area contributed by atoms with E-state index in [0.29, 0.717) is 27.2 Å². The van der Waals surface area contributed by atoms with E-state index < -0.39 is 0 Å². The molecule has 2 rings (SSSR count). The zero-order valence-corrected chi connectivity index (χ0v) is 11.4. The van der Waals surface area contributed by atoms with Gasteiger partial charge in [0.15, 0.2) is 0 Å². The smallest absolute Gasteiger partial charge is 0.0768 e. The average molecular weight is 290 g/mol. The minimum atomic E-state index is 0.441. The molecule has 0 bridgehead atoms. The van der Waals surface area contributed by atoms with Crippen molar-refractivity contribution in [2.75, 3.05) is 13.1 Å². The van der Waals surface area contributed by atoms with E-state index in [4.69, 9.17) is 34.8 Å². The fourth-order valence-corrected chi connectivity index (χ4v) is 2.26. The molecule has 0 atom stereocenters. The molecule has 1 aliphatic rings. The van der Waals surface area contributed by atoms with Gasteiger partial charge in [-0.25, -0.2) is 0 Å². The molecule has 0 fully saturated rings. The molecular formula is C12H11Cl3N2. The molecule has 1 aromatic rings. The van der Waals surface area contributed by atoms with Gasteiger partial charge in [0, 0.05) is 24.0 Å². The van der Waals surface area contributed by atoms with Crippen molar-refractivity contribution in [3.05, 3.63) is 32.8 Å². The van der Waals surface area contributed by atoms with E-state index in [0.717, 1.165) is 25.1 Å². The summed E-state index contributed by atoms with van der Waals surface area (Å²) < 4.78 is 0. The minimum Gasteiger partial charge on any atom is -0.292 e. The van der Waals surface area contributed by atoms with E-state index in [1.165, 1.54) is 0 Å². The van der Waals surface area contributed by atoms with Crippen molar-refractivity contribution >= 4 is 46.7 Å². The van der Waals surface area contributed by atoms with Gasteiger partial charge in [-0.05, 0) is 25.0 Å². The highest BCUT2D eigenvalue weighted by Crippen LogP contribution is 2.29. The summed E-state index contributed by atoms with van der Waals surface area (Å²) >= 11 is 18.0. The molecule has 5 heteroatoms. The summed E-state index contributed by atoms with van der Waals surface area (Å²) in [5, 5.41) is 1.48. The maximum Gasteiger partial charge on any atom is 0.0768 e. The van der Waals surface area contributed by atoms with Crippen LogP contribution in [0.15, 0.2) is 22.1 Å². The zero-order valence-electron chi connectivity index (χ0n) is 9.09. The first kappa shape index (κ1) is 12.9. The van der Waals surface area contributed by atoms with Crippen molar-refractivity contribution in [2.45, 2.75) is 12.8 Å². The molecule has 1 aromatic carbocycles. The molecule has 0 saturated carbocycles. The van der Waals surface area contributed by atoms with Crippen molar-refractivity contribution < 1.29 is 0 Å². The summed E-state index contributed by atoms with van der Waals surface area (Å²) in [6, 6.07) is 3.38. The number of nitrogens with zero attached hydrogens (tertiary/aromatic N) is 2. The Morgan fingerprint density at radius 1 is 1.24 bits per heavy atom. The van der Waals surface area contributed by atoms with Gasteiger partial charge in [0.25, 0.3) is 0 Å². The van der Waals surface area contributed by atoms with E-state index in [1.807, 2.05) is 0 Å². The first-order valence-electron chi connectivity index (χ1n) is 5.34. The number of aliphatic imine (C=N–C) groups is 2. The lowest BCUT2D eigenvalue weighted by molar-refractivity contribution is 0.949. The highest BCUT2D eigenvalue weighted by molar-refractivity contribution is 6.45. The van der Waals surface area contributed by atoms with Crippen molar-refractivity contribution in [1.29, 1.82) is 0 Å². The maximum absolute atomic E-state index is 6.06. The maximum atomic E-state index is 6.06. The van der Waals surface area contributed by atoms with Crippen LogP contribution in [0.3, 0.4) is 0 Å². The van der Waals surface area contributed by atoms with Gasteiger partial charge in [0.05, 0.1) is 21.6 Å². The highest BCUT2D eigenvalue weighted by Gasteiger charge is 2.08. The van der Waals surface area contributed by atoms with Crippen LogP contribution in [0.5, 0.6) is 0 Å². The van der Waals surface area contributed by atoms with Crippen molar-refractivity contribution in [3.8, 4) is 0 Å². The highest BCUT2D eigenvalue weighted by atomic mass is 35.5. The fraction of sp³-hybridized carbons (Fsp3) is 0.333. The molecule has 0 radical (unpaired) electrons. The summed E-state index contributed by atoms with van der Waals surface area (Å²) in [4.78, 5) is 8.64. The van der Waals surface area contributed by atoms with Gasteiger partial charge in [-0.1, -0.05) is 34.8 Å².